The molecule has 0 saturated carbocycles. The van der Waals surface area contributed by atoms with Crippen LogP contribution in [0, 0.1) is 18.3 Å². The van der Waals surface area contributed by atoms with Gasteiger partial charge < -0.3 is 4.90 Å². The highest BCUT2D eigenvalue weighted by Gasteiger charge is 2.13. The summed E-state index contributed by atoms with van der Waals surface area (Å²) in [6, 6.07) is 15.0. The molecule has 2 rings (SSSR count). The third kappa shape index (κ3) is 3.93. The number of carbonyl (C=O) groups excluding carboxylic acids is 1. The SMILES string of the molecule is Cc1cc(Br)cc(C(=O)N(C)Cc2ccc(C#N)cc2)c1. The van der Waals surface area contributed by atoms with Gasteiger partial charge in [-0.1, -0.05) is 28.1 Å². The lowest BCUT2D eigenvalue weighted by Gasteiger charge is -2.18. The summed E-state index contributed by atoms with van der Waals surface area (Å²) in [6.07, 6.45) is 0. The van der Waals surface area contributed by atoms with Crippen molar-refractivity contribution < 1.29 is 4.79 Å². The lowest BCUT2D eigenvalue weighted by molar-refractivity contribution is 0.0785. The Hall–Kier alpha value is -2.12. The van der Waals surface area contributed by atoms with E-state index in [0.29, 0.717) is 17.7 Å². The van der Waals surface area contributed by atoms with E-state index in [1.54, 1.807) is 24.1 Å². The molecule has 0 N–H and O–H groups in total. The van der Waals surface area contributed by atoms with Gasteiger partial charge in [-0.25, -0.2) is 0 Å². The van der Waals surface area contributed by atoms with Crippen LogP contribution in [0.15, 0.2) is 46.9 Å². The van der Waals surface area contributed by atoms with Crippen LogP contribution in [0.4, 0.5) is 0 Å². The van der Waals surface area contributed by atoms with Gasteiger partial charge in [-0.05, 0) is 48.4 Å². The summed E-state index contributed by atoms with van der Waals surface area (Å²) in [6.45, 7) is 2.47. The number of rotatable bonds is 3. The number of benzene rings is 2. The molecular formula is C17H15BrN2O. The van der Waals surface area contributed by atoms with Crippen LogP contribution in [0.5, 0.6) is 0 Å². The fraction of sp³-hybridized carbons (Fsp3) is 0.176. The molecule has 0 bridgehead atoms. The zero-order valence-electron chi connectivity index (χ0n) is 11.9. The zero-order valence-corrected chi connectivity index (χ0v) is 13.5. The molecule has 0 atom stereocenters. The van der Waals surface area contributed by atoms with E-state index in [-0.39, 0.29) is 5.91 Å². The second-order valence-electron chi connectivity index (χ2n) is 4.99. The summed E-state index contributed by atoms with van der Waals surface area (Å²) in [7, 11) is 1.77. The van der Waals surface area contributed by atoms with Crippen LogP contribution < -0.4 is 0 Å². The first kappa shape index (κ1) is 15.3. The number of nitrogens with zero attached hydrogens (tertiary/aromatic N) is 2. The van der Waals surface area contributed by atoms with Gasteiger partial charge in [-0.2, -0.15) is 5.26 Å². The molecule has 21 heavy (non-hydrogen) atoms. The maximum atomic E-state index is 12.4. The van der Waals surface area contributed by atoms with Crippen LogP contribution in [-0.4, -0.2) is 17.9 Å². The average Bonchev–Trinajstić information content (AvgIpc) is 2.46. The lowest BCUT2D eigenvalue weighted by atomic mass is 10.1. The molecule has 4 heteroatoms. The number of halogens is 1. The molecule has 0 aliphatic carbocycles. The molecule has 0 radical (unpaired) electrons. The first-order valence-corrected chi connectivity index (χ1v) is 7.30. The highest BCUT2D eigenvalue weighted by atomic mass is 79.9. The van der Waals surface area contributed by atoms with Gasteiger partial charge in [-0.3, -0.25) is 4.79 Å². The van der Waals surface area contributed by atoms with E-state index in [0.717, 1.165) is 15.6 Å². The van der Waals surface area contributed by atoms with E-state index in [1.807, 2.05) is 37.3 Å². The van der Waals surface area contributed by atoms with Gasteiger partial charge in [0.2, 0.25) is 0 Å². The van der Waals surface area contributed by atoms with Crippen molar-refractivity contribution in [3.8, 4) is 6.07 Å². The van der Waals surface area contributed by atoms with E-state index in [2.05, 4.69) is 22.0 Å². The van der Waals surface area contributed by atoms with E-state index in [4.69, 9.17) is 5.26 Å². The highest BCUT2D eigenvalue weighted by Crippen LogP contribution is 2.17. The highest BCUT2D eigenvalue weighted by molar-refractivity contribution is 9.10. The Kier molecular flexibility index (Phi) is 4.77. The molecular weight excluding hydrogens is 328 g/mol. The first-order chi connectivity index (χ1) is 9.99. The summed E-state index contributed by atoms with van der Waals surface area (Å²) in [5, 5.41) is 8.78. The van der Waals surface area contributed by atoms with Gasteiger partial charge in [0.15, 0.2) is 0 Å². The molecule has 0 heterocycles. The van der Waals surface area contributed by atoms with Gasteiger partial charge in [0.05, 0.1) is 11.6 Å². The average molecular weight is 343 g/mol. The predicted molar refractivity (Wildman–Crippen MR) is 85.8 cm³/mol. The maximum absolute atomic E-state index is 12.4. The fourth-order valence-corrected chi connectivity index (χ4v) is 2.72. The fourth-order valence-electron chi connectivity index (χ4n) is 2.11. The third-order valence-corrected chi connectivity index (χ3v) is 3.60. The number of aryl methyl sites for hydroxylation is 1. The van der Waals surface area contributed by atoms with Crippen LogP contribution in [0.3, 0.4) is 0 Å². The predicted octanol–water partition coefficient (Wildman–Crippen LogP) is 3.90. The lowest BCUT2D eigenvalue weighted by Crippen LogP contribution is -2.26. The second kappa shape index (κ2) is 6.55. The molecule has 0 saturated heterocycles. The number of carbonyl (C=O) groups is 1. The molecule has 0 spiro atoms. The van der Waals surface area contributed by atoms with E-state index >= 15 is 0 Å². The summed E-state index contributed by atoms with van der Waals surface area (Å²) < 4.78 is 0.901. The summed E-state index contributed by atoms with van der Waals surface area (Å²) >= 11 is 3.41. The van der Waals surface area contributed by atoms with Crippen molar-refractivity contribution in [2.24, 2.45) is 0 Å². The van der Waals surface area contributed by atoms with Crippen molar-refractivity contribution in [3.05, 3.63) is 69.2 Å². The third-order valence-electron chi connectivity index (χ3n) is 3.14. The van der Waals surface area contributed by atoms with Crippen molar-refractivity contribution >= 4 is 21.8 Å². The summed E-state index contributed by atoms with van der Waals surface area (Å²) in [4.78, 5) is 14.1. The number of hydrogen-bond acceptors (Lipinski definition) is 2. The monoisotopic (exact) mass is 342 g/mol. The van der Waals surface area contributed by atoms with Gasteiger partial charge in [0, 0.05) is 23.6 Å². The standard InChI is InChI=1S/C17H15BrN2O/c1-12-7-15(9-16(18)8-12)17(21)20(2)11-14-5-3-13(10-19)4-6-14/h3-9H,11H2,1-2H3. The second-order valence-corrected chi connectivity index (χ2v) is 5.90. The van der Waals surface area contributed by atoms with Crippen molar-refractivity contribution in [1.82, 2.24) is 4.90 Å². The van der Waals surface area contributed by atoms with Crippen molar-refractivity contribution in [2.75, 3.05) is 7.05 Å². The smallest absolute Gasteiger partial charge is 0.253 e. The van der Waals surface area contributed by atoms with Gasteiger partial charge in [-0.15, -0.1) is 0 Å². The molecule has 0 aliphatic rings. The molecule has 3 nitrogen and oxygen atoms in total. The van der Waals surface area contributed by atoms with Crippen molar-refractivity contribution in [3.63, 3.8) is 0 Å². The molecule has 2 aromatic rings. The summed E-state index contributed by atoms with van der Waals surface area (Å²) in [5.74, 6) is -0.0243. The largest absolute Gasteiger partial charge is 0.337 e. The number of amides is 1. The Balaban J connectivity index is 2.13. The Labute approximate surface area is 132 Å². The van der Waals surface area contributed by atoms with Crippen molar-refractivity contribution in [1.29, 1.82) is 5.26 Å². The number of nitriles is 1. The normalized spacial score (nSPS) is 10.0. The maximum Gasteiger partial charge on any atom is 0.253 e. The molecule has 0 aliphatic heterocycles. The minimum absolute atomic E-state index is 0.0243. The zero-order chi connectivity index (χ0) is 15.4. The molecule has 106 valence electrons. The van der Waals surface area contributed by atoms with Crippen LogP contribution in [0.25, 0.3) is 0 Å². The van der Waals surface area contributed by atoms with Crippen LogP contribution in [-0.2, 0) is 6.54 Å². The number of hydrogen-bond donors (Lipinski definition) is 0. The summed E-state index contributed by atoms with van der Waals surface area (Å²) in [5.41, 5.74) is 3.32. The molecule has 0 fully saturated rings. The van der Waals surface area contributed by atoms with Crippen LogP contribution in [0.1, 0.15) is 27.0 Å². The first-order valence-electron chi connectivity index (χ1n) is 6.51. The molecule has 0 aromatic heterocycles. The van der Waals surface area contributed by atoms with Gasteiger partial charge in [0.25, 0.3) is 5.91 Å². The van der Waals surface area contributed by atoms with Gasteiger partial charge in [0.1, 0.15) is 0 Å². The Bertz CT molecular complexity index is 681. The molecule has 1 amide bonds. The Morgan fingerprint density at radius 1 is 1.24 bits per heavy atom. The minimum Gasteiger partial charge on any atom is -0.337 e. The minimum atomic E-state index is -0.0243. The van der Waals surface area contributed by atoms with E-state index in [1.165, 1.54) is 0 Å². The molecule has 0 unspecified atom stereocenters. The van der Waals surface area contributed by atoms with Crippen LogP contribution >= 0.6 is 15.9 Å². The molecule has 2 aromatic carbocycles. The van der Waals surface area contributed by atoms with E-state index < -0.39 is 0 Å². The van der Waals surface area contributed by atoms with Crippen LogP contribution in [0.2, 0.25) is 0 Å². The topological polar surface area (TPSA) is 44.1 Å². The van der Waals surface area contributed by atoms with Crippen molar-refractivity contribution in [2.45, 2.75) is 13.5 Å². The Morgan fingerprint density at radius 3 is 2.48 bits per heavy atom. The van der Waals surface area contributed by atoms with Gasteiger partial charge >= 0.3 is 0 Å². The van der Waals surface area contributed by atoms with E-state index in [9.17, 15) is 4.79 Å². The Morgan fingerprint density at radius 2 is 1.90 bits per heavy atom. The quantitative estimate of drug-likeness (QED) is 0.848.